The molecule has 1 aromatic rings. The molecule has 0 unspecified atom stereocenters. The highest BCUT2D eigenvalue weighted by atomic mass is 32.2. The SMILES string of the molecule is CC1CCN(C(=O)[C@H](C)OC(=O)CCCNS(=O)(=O)c2ccc(F)cc2)CC1. The minimum atomic E-state index is -3.76. The van der Waals surface area contributed by atoms with Crippen molar-refractivity contribution in [2.24, 2.45) is 5.92 Å². The number of hydrogen-bond donors (Lipinski definition) is 1. The molecule has 1 amide bonds. The van der Waals surface area contributed by atoms with Gasteiger partial charge in [0, 0.05) is 26.1 Å². The lowest BCUT2D eigenvalue weighted by Gasteiger charge is -2.31. The summed E-state index contributed by atoms with van der Waals surface area (Å²) in [4.78, 5) is 25.9. The van der Waals surface area contributed by atoms with Crippen molar-refractivity contribution in [1.82, 2.24) is 9.62 Å². The average molecular weight is 414 g/mol. The third-order valence-corrected chi connectivity index (χ3v) is 6.20. The van der Waals surface area contributed by atoms with Crippen molar-refractivity contribution in [2.45, 2.75) is 50.5 Å². The number of sulfonamides is 1. The van der Waals surface area contributed by atoms with Crippen LogP contribution in [0, 0.1) is 11.7 Å². The van der Waals surface area contributed by atoms with Gasteiger partial charge in [0.25, 0.3) is 5.91 Å². The van der Waals surface area contributed by atoms with Gasteiger partial charge in [0.05, 0.1) is 4.90 Å². The highest BCUT2D eigenvalue weighted by molar-refractivity contribution is 7.89. The number of piperidine rings is 1. The van der Waals surface area contributed by atoms with E-state index in [-0.39, 0.29) is 30.2 Å². The summed E-state index contributed by atoms with van der Waals surface area (Å²) in [6.45, 7) is 5.08. The number of nitrogens with zero attached hydrogens (tertiary/aromatic N) is 1. The van der Waals surface area contributed by atoms with E-state index in [1.54, 1.807) is 11.8 Å². The summed E-state index contributed by atoms with van der Waals surface area (Å²) in [5.74, 6) is -0.672. The third kappa shape index (κ3) is 6.56. The van der Waals surface area contributed by atoms with Crippen molar-refractivity contribution in [3.8, 4) is 0 Å². The predicted octanol–water partition coefficient (Wildman–Crippen LogP) is 2.07. The van der Waals surface area contributed by atoms with E-state index in [0.717, 1.165) is 25.0 Å². The van der Waals surface area contributed by atoms with Gasteiger partial charge in [-0.05, 0) is 56.4 Å². The van der Waals surface area contributed by atoms with Crippen LogP contribution in [-0.2, 0) is 24.3 Å². The first kappa shape index (κ1) is 22.3. The lowest BCUT2D eigenvalue weighted by atomic mass is 9.99. The van der Waals surface area contributed by atoms with Crippen molar-refractivity contribution in [1.29, 1.82) is 0 Å². The molecule has 0 radical (unpaired) electrons. The first-order valence-corrected chi connectivity index (χ1v) is 10.9. The molecule has 1 heterocycles. The molecule has 1 aliphatic rings. The fourth-order valence-electron chi connectivity index (χ4n) is 2.93. The summed E-state index contributed by atoms with van der Waals surface area (Å²) in [6, 6.07) is 4.46. The molecule has 2 rings (SSSR count). The maximum Gasteiger partial charge on any atom is 0.306 e. The van der Waals surface area contributed by atoms with E-state index < -0.39 is 27.9 Å². The van der Waals surface area contributed by atoms with E-state index in [0.29, 0.717) is 19.0 Å². The van der Waals surface area contributed by atoms with Crippen molar-refractivity contribution >= 4 is 21.9 Å². The zero-order valence-corrected chi connectivity index (χ0v) is 17.0. The number of hydrogen-bond acceptors (Lipinski definition) is 5. The maximum atomic E-state index is 12.9. The number of carbonyl (C=O) groups is 2. The van der Waals surface area contributed by atoms with Crippen LogP contribution >= 0.6 is 0 Å². The minimum absolute atomic E-state index is 0.0133. The van der Waals surface area contributed by atoms with Gasteiger partial charge in [-0.2, -0.15) is 0 Å². The number of rotatable bonds is 8. The standard InChI is InChI=1S/C19H27FN2O5S/c1-14-9-12-22(13-10-14)19(24)15(2)27-18(23)4-3-11-21-28(25,26)17-7-5-16(20)6-8-17/h5-8,14-15,21H,3-4,9-13H2,1-2H3/t15-/m0/s1. The maximum absolute atomic E-state index is 12.9. The van der Waals surface area contributed by atoms with E-state index in [9.17, 15) is 22.4 Å². The molecule has 1 aromatic carbocycles. The Balaban J connectivity index is 1.70. The Morgan fingerprint density at radius 1 is 1.25 bits per heavy atom. The number of benzene rings is 1. The van der Waals surface area contributed by atoms with Crippen LogP contribution < -0.4 is 4.72 Å². The van der Waals surface area contributed by atoms with Crippen molar-refractivity contribution in [2.75, 3.05) is 19.6 Å². The van der Waals surface area contributed by atoms with Crippen LogP contribution in [0.3, 0.4) is 0 Å². The molecule has 156 valence electrons. The van der Waals surface area contributed by atoms with Crippen LogP contribution in [0.25, 0.3) is 0 Å². The van der Waals surface area contributed by atoms with E-state index in [2.05, 4.69) is 11.6 Å². The highest BCUT2D eigenvalue weighted by Crippen LogP contribution is 2.17. The van der Waals surface area contributed by atoms with Crippen LogP contribution in [-0.4, -0.2) is 50.9 Å². The fourth-order valence-corrected chi connectivity index (χ4v) is 4.00. The van der Waals surface area contributed by atoms with Crippen molar-refractivity contribution < 1.29 is 27.1 Å². The Morgan fingerprint density at radius 2 is 1.86 bits per heavy atom. The number of carbonyl (C=O) groups excluding carboxylic acids is 2. The van der Waals surface area contributed by atoms with Gasteiger partial charge in [0.2, 0.25) is 10.0 Å². The van der Waals surface area contributed by atoms with Crippen LogP contribution in [0.15, 0.2) is 29.2 Å². The summed E-state index contributed by atoms with van der Waals surface area (Å²) < 4.78 is 44.5. The van der Waals surface area contributed by atoms with Crippen molar-refractivity contribution in [3.05, 3.63) is 30.1 Å². The molecule has 1 aliphatic heterocycles. The van der Waals surface area contributed by atoms with E-state index in [1.807, 2.05) is 0 Å². The fraction of sp³-hybridized carbons (Fsp3) is 0.579. The molecule has 1 N–H and O–H groups in total. The molecular weight excluding hydrogens is 387 g/mol. The van der Waals surface area contributed by atoms with Gasteiger partial charge in [-0.1, -0.05) is 6.92 Å². The number of esters is 1. The molecule has 1 saturated heterocycles. The smallest absolute Gasteiger partial charge is 0.306 e. The van der Waals surface area contributed by atoms with Gasteiger partial charge in [0.15, 0.2) is 6.10 Å². The number of amides is 1. The molecule has 1 fully saturated rings. The van der Waals surface area contributed by atoms with Crippen LogP contribution in [0.4, 0.5) is 4.39 Å². The van der Waals surface area contributed by atoms with Gasteiger partial charge < -0.3 is 9.64 Å². The molecular formula is C19H27FN2O5S. The Kier molecular flexibility index (Phi) is 7.94. The summed E-state index contributed by atoms with van der Waals surface area (Å²) in [6.07, 6.45) is 1.25. The Bertz CT molecular complexity index is 774. The number of ether oxygens (including phenoxy) is 1. The molecule has 0 bridgehead atoms. The Hall–Kier alpha value is -2.00. The van der Waals surface area contributed by atoms with Crippen LogP contribution in [0.5, 0.6) is 0 Å². The molecule has 0 aliphatic carbocycles. The van der Waals surface area contributed by atoms with E-state index >= 15 is 0 Å². The van der Waals surface area contributed by atoms with E-state index in [1.165, 1.54) is 12.1 Å². The quantitative estimate of drug-likeness (QED) is 0.519. The summed E-state index contributed by atoms with van der Waals surface area (Å²) in [7, 11) is -3.76. The van der Waals surface area contributed by atoms with Crippen LogP contribution in [0.1, 0.15) is 39.5 Å². The minimum Gasteiger partial charge on any atom is -0.453 e. The molecule has 28 heavy (non-hydrogen) atoms. The van der Waals surface area contributed by atoms with Gasteiger partial charge in [0.1, 0.15) is 5.82 Å². The Labute approximate surface area is 165 Å². The monoisotopic (exact) mass is 414 g/mol. The lowest BCUT2D eigenvalue weighted by Crippen LogP contribution is -2.44. The molecule has 7 nitrogen and oxygen atoms in total. The molecule has 0 saturated carbocycles. The summed E-state index contributed by atoms with van der Waals surface area (Å²) in [5, 5.41) is 0. The second-order valence-corrected chi connectivity index (χ2v) is 8.86. The number of nitrogens with one attached hydrogen (secondary N) is 1. The van der Waals surface area contributed by atoms with Crippen LogP contribution in [0.2, 0.25) is 0 Å². The zero-order valence-electron chi connectivity index (χ0n) is 16.2. The summed E-state index contributed by atoms with van der Waals surface area (Å²) >= 11 is 0. The van der Waals surface area contributed by atoms with Gasteiger partial charge in [-0.15, -0.1) is 0 Å². The second kappa shape index (κ2) is 9.97. The predicted molar refractivity (Wildman–Crippen MR) is 101 cm³/mol. The zero-order chi connectivity index (χ0) is 20.7. The molecule has 1 atom stereocenters. The van der Waals surface area contributed by atoms with E-state index in [4.69, 9.17) is 4.74 Å². The first-order valence-electron chi connectivity index (χ1n) is 9.42. The largest absolute Gasteiger partial charge is 0.453 e. The topological polar surface area (TPSA) is 92.8 Å². The average Bonchev–Trinajstić information content (AvgIpc) is 2.65. The Morgan fingerprint density at radius 3 is 2.46 bits per heavy atom. The lowest BCUT2D eigenvalue weighted by molar-refractivity contribution is -0.159. The van der Waals surface area contributed by atoms with Crippen molar-refractivity contribution in [3.63, 3.8) is 0 Å². The molecule has 0 aromatic heterocycles. The van der Waals surface area contributed by atoms with Gasteiger partial charge in [-0.25, -0.2) is 17.5 Å². The normalized spacial score (nSPS) is 16.6. The molecule has 0 spiro atoms. The second-order valence-electron chi connectivity index (χ2n) is 7.10. The summed E-state index contributed by atoms with van der Waals surface area (Å²) in [5.41, 5.74) is 0. The van der Waals surface area contributed by atoms with Gasteiger partial charge >= 0.3 is 5.97 Å². The number of halogens is 1. The first-order chi connectivity index (χ1) is 13.2. The third-order valence-electron chi connectivity index (χ3n) is 4.72. The highest BCUT2D eigenvalue weighted by Gasteiger charge is 2.26. The molecule has 9 heteroatoms. The van der Waals surface area contributed by atoms with Gasteiger partial charge in [-0.3, -0.25) is 9.59 Å². The number of likely N-dealkylation sites (tertiary alicyclic amines) is 1.